The van der Waals surface area contributed by atoms with Crippen LogP contribution >= 0.6 is 0 Å². The molecule has 28 heavy (non-hydrogen) atoms. The van der Waals surface area contributed by atoms with Crippen molar-refractivity contribution < 1.29 is 9.59 Å². The zero-order chi connectivity index (χ0) is 20.7. The summed E-state index contributed by atoms with van der Waals surface area (Å²) in [5, 5.41) is 3.36. The molecule has 2 aliphatic heterocycles. The van der Waals surface area contributed by atoms with Crippen LogP contribution in [0.25, 0.3) is 0 Å². The maximum atomic E-state index is 13.3. The number of rotatable bonds is 4. The molecule has 0 atom stereocenters. The lowest BCUT2D eigenvalue weighted by molar-refractivity contribution is -0.123. The fourth-order valence-corrected chi connectivity index (χ4v) is 4.43. The lowest BCUT2D eigenvalue weighted by atomic mass is 9.76. The van der Waals surface area contributed by atoms with Gasteiger partial charge in [0.2, 0.25) is 5.91 Å². The molecule has 3 rings (SSSR count). The molecule has 0 spiro atoms. The largest absolute Gasteiger partial charge is 0.378 e. The van der Waals surface area contributed by atoms with E-state index in [-0.39, 0.29) is 11.7 Å². The van der Waals surface area contributed by atoms with E-state index in [1.165, 1.54) is 5.56 Å². The van der Waals surface area contributed by atoms with Crippen molar-refractivity contribution in [3.8, 4) is 0 Å². The van der Waals surface area contributed by atoms with Gasteiger partial charge in [0, 0.05) is 24.3 Å². The second kappa shape index (κ2) is 9.90. The summed E-state index contributed by atoms with van der Waals surface area (Å²) in [6, 6.07) is 4.33. The zero-order valence-electron chi connectivity index (χ0n) is 18.1. The van der Waals surface area contributed by atoms with Crippen LogP contribution in [0.1, 0.15) is 77.3 Å². The number of Topliss-reactive ketones (excluding diaryl/α,β-unsaturated/α-hetero) is 1. The van der Waals surface area contributed by atoms with E-state index < -0.39 is 5.41 Å². The Balaban J connectivity index is 0.00000136. The summed E-state index contributed by atoms with van der Waals surface area (Å²) in [6.07, 6.45) is 8.11. The molecular weight excluding hydrogens is 348 g/mol. The number of aryl methyl sites for hydroxylation is 1. The topological polar surface area (TPSA) is 49.4 Å². The molecule has 0 fully saturated rings. The molecule has 2 heterocycles. The van der Waals surface area contributed by atoms with Gasteiger partial charge < -0.3 is 10.2 Å². The van der Waals surface area contributed by atoms with Gasteiger partial charge in [-0.05, 0) is 55.4 Å². The predicted octanol–water partition coefficient (Wildman–Crippen LogP) is 5.40. The number of amides is 1. The maximum absolute atomic E-state index is 13.3. The van der Waals surface area contributed by atoms with Gasteiger partial charge in [-0.1, -0.05) is 40.2 Å². The summed E-state index contributed by atoms with van der Waals surface area (Å²) < 4.78 is 0. The van der Waals surface area contributed by atoms with Gasteiger partial charge in [0.05, 0.1) is 12.0 Å². The number of hydrogen-bond donors (Lipinski definition) is 1. The minimum atomic E-state index is -0.464. The Morgan fingerprint density at radius 3 is 2.43 bits per heavy atom. The third-order valence-corrected chi connectivity index (χ3v) is 6.08. The first-order valence-electron chi connectivity index (χ1n) is 10.9. The standard InChI is InChI=1S/C22H30N2O2.C2H6/c1-4-12-24-20-13-16-10-8-7-9-11-17(25)15-23-19(16)14-18(20)22(5-2,6-3)21(24)26;1-2/h4,13-14,23H,1,5-12,15H2,2-3H3;1-2H3. The number of carbonyl (C=O) groups excluding carboxylic acids is 2. The Hall–Kier alpha value is -2.10. The first-order valence-corrected chi connectivity index (χ1v) is 10.9. The summed E-state index contributed by atoms with van der Waals surface area (Å²) in [4.78, 5) is 27.2. The number of anilines is 2. The van der Waals surface area contributed by atoms with Crippen molar-refractivity contribution >= 4 is 23.1 Å². The van der Waals surface area contributed by atoms with Gasteiger partial charge in [0.1, 0.15) is 0 Å². The molecule has 0 saturated carbocycles. The van der Waals surface area contributed by atoms with Crippen molar-refractivity contribution in [1.82, 2.24) is 0 Å². The first kappa shape index (κ1) is 22.2. The smallest absolute Gasteiger partial charge is 0.237 e. The van der Waals surface area contributed by atoms with Crippen LogP contribution in [0.2, 0.25) is 0 Å². The molecule has 2 aliphatic rings. The van der Waals surface area contributed by atoms with E-state index in [1.807, 2.05) is 18.7 Å². The Morgan fingerprint density at radius 1 is 1.11 bits per heavy atom. The van der Waals surface area contributed by atoms with Crippen LogP contribution in [0.5, 0.6) is 0 Å². The number of nitrogens with zero attached hydrogens (tertiary/aromatic N) is 1. The van der Waals surface area contributed by atoms with Gasteiger partial charge in [-0.15, -0.1) is 6.58 Å². The van der Waals surface area contributed by atoms with Crippen molar-refractivity contribution in [1.29, 1.82) is 0 Å². The second-order valence-corrected chi connectivity index (χ2v) is 7.47. The molecule has 0 saturated heterocycles. The van der Waals surface area contributed by atoms with Crippen LogP contribution in [0.15, 0.2) is 24.8 Å². The lowest BCUT2D eigenvalue weighted by Gasteiger charge is -2.26. The molecule has 1 aromatic rings. The normalized spacial score (nSPS) is 18.4. The third kappa shape index (κ3) is 4.01. The average Bonchev–Trinajstić information content (AvgIpc) is 2.95. The van der Waals surface area contributed by atoms with Crippen LogP contribution < -0.4 is 10.2 Å². The van der Waals surface area contributed by atoms with Gasteiger partial charge in [-0.2, -0.15) is 0 Å². The number of nitrogens with one attached hydrogen (secondary N) is 1. The minimum Gasteiger partial charge on any atom is -0.378 e. The van der Waals surface area contributed by atoms with Crippen molar-refractivity contribution in [2.24, 2.45) is 0 Å². The SMILES string of the molecule is C=CCN1C(=O)C(CC)(CC)c2cc3c(cc21)CCCCCC(=O)CN3.CC. The van der Waals surface area contributed by atoms with Crippen LogP contribution in [0.4, 0.5) is 11.4 Å². The van der Waals surface area contributed by atoms with E-state index in [0.717, 1.165) is 55.5 Å². The molecule has 1 amide bonds. The highest BCUT2D eigenvalue weighted by atomic mass is 16.2. The van der Waals surface area contributed by atoms with Crippen molar-refractivity contribution in [3.05, 3.63) is 35.9 Å². The Morgan fingerprint density at radius 2 is 1.79 bits per heavy atom. The second-order valence-electron chi connectivity index (χ2n) is 7.47. The highest BCUT2D eigenvalue weighted by molar-refractivity contribution is 6.09. The molecule has 4 nitrogen and oxygen atoms in total. The number of benzene rings is 1. The molecule has 0 aliphatic carbocycles. The predicted molar refractivity (Wildman–Crippen MR) is 118 cm³/mol. The Bertz CT molecular complexity index is 720. The molecule has 1 aromatic carbocycles. The number of hydrogen-bond acceptors (Lipinski definition) is 3. The Labute approximate surface area is 170 Å². The molecule has 1 N–H and O–H groups in total. The summed E-state index contributed by atoms with van der Waals surface area (Å²) in [6.45, 7) is 12.9. The molecule has 0 aromatic heterocycles. The molecule has 154 valence electrons. The summed E-state index contributed by atoms with van der Waals surface area (Å²) in [5.74, 6) is 0.445. The zero-order valence-corrected chi connectivity index (χ0v) is 18.1. The molecular formula is C24H36N2O2. The fourth-order valence-electron chi connectivity index (χ4n) is 4.43. The van der Waals surface area contributed by atoms with E-state index in [9.17, 15) is 9.59 Å². The maximum Gasteiger partial charge on any atom is 0.237 e. The average molecular weight is 385 g/mol. The van der Waals surface area contributed by atoms with E-state index >= 15 is 0 Å². The number of ketones is 1. The van der Waals surface area contributed by atoms with Crippen LogP contribution in [-0.4, -0.2) is 24.8 Å². The van der Waals surface area contributed by atoms with Gasteiger partial charge in [0.25, 0.3) is 0 Å². The van der Waals surface area contributed by atoms with Gasteiger partial charge in [-0.25, -0.2) is 0 Å². The van der Waals surface area contributed by atoms with Crippen LogP contribution in [-0.2, 0) is 21.4 Å². The number of fused-ring (bicyclic) bond motifs is 2. The highest BCUT2D eigenvalue weighted by Crippen LogP contribution is 2.48. The summed E-state index contributed by atoms with van der Waals surface area (Å²) >= 11 is 0. The first-order chi connectivity index (χ1) is 13.6. The van der Waals surface area contributed by atoms with Crippen molar-refractivity contribution in [3.63, 3.8) is 0 Å². The van der Waals surface area contributed by atoms with E-state index in [1.54, 1.807) is 6.08 Å². The van der Waals surface area contributed by atoms with Crippen molar-refractivity contribution in [2.75, 3.05) is 23.3 Å². The van der Waals surface area contributed by atoms with Crippen LogP contribution in [0.3, 0.4) is 0 Å². The molecule has 0 bridgehead atoms. The highest BCUT2D eigenvalue weighted by Gasteiger charge is 2.48. The minimum absolute atomic E-state index is 0.181. The van der Waals surface area contributed by atoms with E-state index in [4.69, 9.17) is 0 Å². The molecule has 0 radical (unpaired) electrons. The summed E-state index contributed by atoms with van der Waals surface area (Å²) in [7, 11) is 0. The Kier molecular flexibility index (Phi) is 7.85. The van der Waals surface area contributed by atoms with Crippen molar-refractivity contribution in [2.45, 2.75) is 78.1 Å². The van der Waals surface area contributed by atoms with Gasteiger partial charge in [0.15, 0.2) is 5.78 Å². The van der Waals surface area contributed by atoms with Gasteiger partial charge >= 0.3 is 0 Å². The van der Waals surface area contributed by atoms with E-state index in [0.29, 0.717) is 19.5 Å². The third-order valence-electron chi connectivity index (χ3n) is 6.08. The monoisotopic (exact) mass is 384 g/mol. The van der Waals surface area contributed by atoms with E-state index in [2.05, 4.69) is 37.9 Å². The van der Waals surface area contributed by atoms with Gasteiger partial charge in [-0.3, -0.25) is 9.59 Å². The lowest BCUT2D eigenvalue weighted by Crippen LogP contribution is -2.39. The molecule has 4 heteroatoms. The van der Waals surface area contributed by atoms with Crippen LogP contribution in [0, 0.1) is 0 Å². The molecule has 0 unspecified atom stereocenters. The summed E-state index contributed by atoms with van der Waals surface area (Å²) in [5.41, 5.74) is 3.91. The quantitative estimate of drug-likeness (QED) is 0.707. The fraction of sp³-hybridized carbons (Fsp3) is 0.583. The number of carbonyl (C=O) groups is 2.